The van der Waals surface area contributed by atoms with Gasteiger partial charge in [0.05, 0.1) is 11.1 Å². The maximum absolute atomic E-state index is 12.5. The average Bonchev–Trinajstić information content (AvgIpc) is 2.66. The molecule has 122 valence electrons. The summed E-state index contributed by atoms with van der Waals surface area (Å²) >= 11 is 6.32. The minimum atomic E-state index is -4.69. The molecule has 2 heterocycles. The third kappa shape index (κ3) is 3.12. The molecule has 3 rings (SSSR count). The lowest BCUT2D eigenvalue weighted by molar-refractivity contribution is -0.306. The summed E-state index contributed by atoms with van der Waals surface area (Å²) in [4.78, 5) is 6.84. The van der Waals surface area contributed by atoms with Gasteiger partial charge in [0, 0.05) is 31.5 Å². The first kappa shape index (κ1) is 15.7. The van der Waals surface area contributed by atoms with Gasteiger partial charge in [-0.05, 0) is 25.3 Å². The van der Waals surface area contributed by atoms with Crippen LogP contribution in [0.15, 0.2) is 27.6 Å². The molecule has 0 radical (unpaired) electrons. The van der Waals surface area contributed by atoms with Crippen LogP contribution in [-0.4, -0.2) is 35.6 Å². The summed E-state index contributed by atoms with van der Waals surface area (Å²) in [5.74, 6) is 0.852. The number of aliphatic imine (C=N–C) groups is 1. The second-order valence-electron chi connectivity index (χ2n) is 5.90. The van der Waals surface area contributed by atoms with Gasteiger partial charge in [-0.1, -0.05) is 6.42 Å². The van der Waals surface area contributed by atoms with Gasteiger partial charge in [0.1, 0.15) is 11.6 Å². The molecule has 0 aromatic rings. The summed E-state index contributed by atoms with van der Waals surface area (Å²) in [7, 11) is 0. The number of amidine groups is 1. The van der Waals surface area contributed by atoms with Crippen LogP contribution < -0.4 is 0 Å². The molecule has 1 fully saturated rings. The Morgan fingerprint density at radius 2 is 2.05 bits per heavy atom. The molecule has 0 N–H and O–H groups in total. The van der Waals surface area contributed by atoms with Gasteiger partial charge < -0.3 is 9.64 Å². The number of allylic oxidation sites excluding steroid dienone is 2. The van der Waals surface area contributed by atoms with E-state index in [1.807, 2.05) is 0 Å². The summed E-state index contributed by atoms with van der Waals surface area (Å²) in [6.45, 7) is 3.24. The minimum Gasteiger partial charge on any atom is -0.410 e. The molecule has 0 spiro atoms. The zero-order valence-corrected chi connectivity index (χ0v) is 13.1. The molecule has 0 saturated carbocycles. The first-order chi connectivity index (χ1) is 10.3. The highest BCUT2D eigenvalue weighted by molar-refractivity contribution is 6.23. The molecule has 0 aromatic carbocycles. The van der Waals surface area contributed by atoms with Crippen LogP contribution in [-0.2, 0) is 4.74 Å². The van der Waals surface area contributed by atoms with Gasteiger partial charge in [-0.15, -0.1) is 24.8 Å². The number of alkyl halides is 4. The Kier molecular flexibility index (Phi) is 4.14. The van der Waals surface area contributed by atoms with Crippen LogP contribution in [0.2, 0.25) is 0 Å². The van der Waals surface area contributed by atoms with Crippen molar-refractivity contribution in [3.05, 3.63) is 22.6 Å². The fourth-order valence-corrected chi connectivity index (χ4v) is 3.54. The molecular formula is C15H18ClF3N2O. The second kappa shape index (κ2) is 5.80. The minimum absolute atomic E-state index is 0.0599. The molecule has 1 unspecified atom stereocenters. The summed E-state index contributed by atoms with van der Waals surface area (Å²) in [5, 5.41) is -0.496. The van der Waals surface area contributed by atoms with Gasteiger partial charge in [-0.25, -0.2) is 4.99 Å². The highest BCUT2D eigenvalue weighted by Gasteiger charge is 2.38. The van der Waals surface area contributed by atoms with Crippen LogP contribution in [0.4, 0.5) is 13.2 Å². The van der Waals surface area contributed by atoms with Crippen molar-refractivity contribution in [2.75, 3.05) is 13.1 Å². The highest BCUT2D eigenvalue weighted by Crippen LogP contribution is 2.40. The Balaban J connectivity index is 1.95. The first-order valence-corrected chi connectivity index (χ1v) is 7.94. The van der Waals surface area contributed by atoms with Crippen LogP contribution in [0.3, 0.4) is 0 Å². The maximum Gasteiger partial charge on any atom is 0.572 e. The lowest BCUT2D eigenvalue weighted by atomic mass is 9.93. The quantitative estimate of drug-likeness (QED) is 0.666. The Hall–Kier alpha value is -1.17. The summed E-state index contributed by atoms with van der Waals surface area (Å²) in [6.07, 6.45) is -0.428. The Morgan fingerprint density at radius 3 is 2.77 bits per heavy atom. The van der Waals surface area contributed by atoms with Gasteiger partial charge in [0.25, 0.3) is 0 Å². The van der Waals surface area contributed by atoms with Crippen molar-refractivity contribution in [3.8, 4) is 0 Å². The van der Waals surface area contributed by atoms with E-state index in [1.165, 1.54) is 0 Å². The average molecular weight is 335 g/mol. The third-order valence-corrected chi connectivity index (χ3v) is 4.77. The molecule has 1 saturated heterocycles. The smallest absolute Gasteiger partial charge is 0.410 e. The van der Waals surface area contributed by atoms with E-state index < -0.39 is 11.7 Å². The predicted octanol–water partition coefficient (Wildman–Crippen LogP) is 4.35. The SMILES string of the molecule is CC1=C(OC(F)(F)F)CC(Cl)C2=C1N=C1CCCCCN1C2. The van der Waals surface area contributed by atoms with Crippen molar-refractivity contribution >= 4 is 17.4 Å². The molecule has 1 atom stereocenters. The van der Waals surface area contributed by atoms with E-state index in [0.717, 1.165) is 43.6 Å². The van der Waals surface area contributed by atoms with E-state index >= 15 is 0 Å². The maximum atomic E-state index is 12.5. The lowest BCUT2D eigenvalue weighted by Gasteiger charge is -2.35. The van der Waals surface area contributed by atoms with E-state index in [0.29, 0.717) is 17.8 Å². The Labute approximate surface area is 132 Å². The molecule has 0 aromatic heterocycles. The highest BCUT2D eigenvalue weighted by atomic mass is 35.5. The summed E-state index contributed by atoms with van der Waals surface area (Å²) < 4.78 is 41.7. The molecule has 2 aliphatic heterocycles. The zero-order valence-electron chi connectivity index (χ0n) is 12.3. The molecule has 0 bridgehead atoms. The van der Waals surface area contributed by atoms with Crippen LogP contribution in [0, 0.1) is 0 Å². The van der Waals surface area contributed by atoms with Gasteiger partial charge in [-0.3, -0.25) is 0 Å². The standard InChI is InChI=1S/C15H18ClF3N2O/c1-9-12(22-15(17,18)19)7-11(16)10-8-21-6-4-2-3-5-13(21)20-14(9)10/h11H,2-8H2,1H3. The van der Waals surface area contributed by atoms with E-state index in [2.05, 4.69) is 14.6 Å². The lowest BCUT2D eigenvalue weighted by Crippen LogP contribution is -2.39. The Bertz CT molecular complexity index is 566. The summed E-state index contributed by atoms with van der Waals surface area (Å²) in [5.41, 5.74) is 1.97. The van der Waals surface area contributed by atoms with Crippen LogP contribution in [0.1, 0.15) is 39.0 Å². The fourth-order valence-electron chi connectivity index (χ4n) is 3.23. The first-order valence-electron chi connectivity index (χ1n) is 7.50. The van der Waals surface area contributed by atoms with Crippen molar-refractivity contribution in [1.29, 1.82) is 0 Å². The zero-order chi connectivity index (χ0) is 15.9. The van der Waals surface area contributed by atoms with Crippen molar-refractivity contribution in [1.82, 2.24) is 4.90 Å². The molecule has 22 heavy (non-hydrogen) atoms. The third-order valence-electron chi connectivity index (χ3n) is 4.35. The molecular weight excluding hydrogens is 317 g/mol. The fraction of sp³-hybridized carbons (Fsp3) is 0.667. The van der Waals surface area contributed by atoms with Crippen LogP contribution >= 0.6 is 11.6 Å². The number of hydrogen-bond acceptors (Lipinski definition) is 3. The molecule has 1 aliphatic carbocycles. The number of rotatable bonds is 1. The van der Waals surface area contributed by atoms with E-state index in [1.54, 1.807) is 6.92 Å². The van der Waals surface area contributed by atoms with E-state index in [4.69, 9.17) is 11.6 Å². The van der Waals surface area contributed by atoms with Gasteiger partial charge in [0.2, 0.25) is 0 Å². The number of fused-ring (bicyclic) bond motifs is 1. The van der Waals surface area contributed by atoms with Crippen molar-refractivity contribution in [3.63, 3.8) is 0 Å². The largest absolute Gasteiger partial charge is 0.572 e. The van der Waals surface area contributed by atoms with Crippen molar-refractivity contribution < 1.29 is 17.9 Å². The molecule has 3 nitrogen and oxygen atoms in total. The monoisotopic (exact) mass is 334 g/mol. The van der Waals surface area contributed by atoms with Crippen molar-refractivity contribution in [2.24, 2.45) is 4.99 Å². The second-order valence-corrected chi connectivity index (χ2v) is 6.43. The van der Waals surface area contributed by atoms with Gasteiger partial charge in [-0.2, -0.15) is 0 Å². The predicted molar refractivity (Wildman–Crippen MR) is 78.6 cm³/mol. The number of ether oxygens (including phenoxy) is 1. The topological polar surface area (TPSA) is 24.8 Å². The molecule has 7 heteroatoms. The number of hydrogen-bond donors (Lipinski definition) is 0. The van der Waals surface area contributed by atoms with E-state index in [9.17, 15) is 13.2 Å². The van der Waals surface area contributed by atoms with Crippen molar-refractivity contribution in [2.45, 2.75) is 50.8 Å². The number of halogens is 4. The van der Waals surface area contributed by atoms with Crippen LogP contribution in [0.25, 0.3) is 0 Å². The summed E-state index contributed by atoms with van der Waals surface area (Å²) in [6, 6.07) is 0. The normalized spacial score (nSPS) is 26.3. The number of nitrogens with zero attached hydrogens (tertiary/aromatic N) is 2. The molecule has 3 aliphatic rings. The van der Waals surface area contributed by atoms with Gasteiger partial charge in [0.15, 0.2) is 0 Å². The van der Waals surface area contributed by atoms with Crippen LogP contribution in [0.5, 0.6) is 0 Å². The Morgan fingerprint density at radius 1 is 1.27 bits per heavy atom. The van der Waals surface area contributed by atoms with Gasteiger partial charge >= 0.3 is 6.36 Å². The van der Waals surface area contributed by atoms with E-state index in [-0.39, 0.29) is 12.2 Å². The molecule has 0 amide bonds.